The number of carbonyl (C=O) groups is 15. The monoisotopic (exact) mass is 1390 g/mol. The Bertz CT molecular complexity index is 3400. The van der Waals surface area contributed by atoms with E-state index in [-0.39, 0.29) is 49.1 Å². The van der Waals surface area contributed by atoms with Gasteiger partial charge in [-0.05, 0) is 61.5 Å². The van der Waals surface area contributed by atoms with Gasteiger partial charge in [-0.15, -0.1) is 0 Å². The van der Waals surface area contributed by atoms with Crippen molar-refractivity contribution in [3.05, 3.63) is 83.9 Å². The van der Waals surface area contributed by atoms with Gasteiger partial charge in [-0.1, -0.05) is 42.5 Å². The predicted molar refractivity (Wildman–Crippen MR) is 330 cm³/mol. The number of hydrogen-bond acceptors (Lipinski definition) is 22. The number of nitrogens with two attached hydrogens (primary N) is 2. The van der Waals surface area contributed by atoms with Gasteiger partial charge in [-0.2, -0.15) is 20.2 Å². The first kappa shape index (κ1) is 78.1. The molecule has 0 saturated carbocycles. The maximum atomic E-state index is 14.2. The van der Waals surface area contributed by atoms with Gasteiger partial charge in [0.2, 0.25) is 76.8 Å². The molecule has 1 aliphatic heterocycles. The summed E-state index contributed by atoms with van der Waals surface area (Å²) in [5.74, 6) is -17.6. The Morgan fingerprint density at radius 1 is 0.646 bits per heavy atom. The van der Waals surface area contributed by atoms with Crippen LogP contribution in [0.4, 0.5) is 0 Å². The summed E-state index contributed by atoms with van der Waals surface area (Å²) in [6, 6.07) is -4.37. The van der Waals surface area contributed by atoms with Crippen molar-refractivity contribution in [1.29, 1.82) is 0 Å². The number of aliphatic hydroxyl groups is 2. The number of aliphatic carboxylic acids is 2. The number of carboxylic acid groups (broad SMARTS) is 2. The van der Waals surface area contributed by atoms with Crippen molar-refractivity contribution in [3.8, 4) is 5.75 Å². The van der Waals surface area contributed by atoms with Crippen LogP contribution >= 0.6 is 11.8 Å². The molecule has 1 aromatic heterocycles. The highest BCUT2D eigenvalue weighted by Gasteiger charge is 2.38. The van der Waals surface area contributed by atoms with Gasteiger partial charge < -0.3 is 99.5 Å². The molecular weight excluding hydrogens is 1310 g/mol. The van der Waals surface area contributed by atoms with E-state index < -0.39 is 217 Å². The van der Waals surface area contributed by atoms with E-state index in [9.17, 15) is 101 Å². The van der Waals surface area contributed by atoms with Crippen LogP contribution in [0, 0.1) is 0 Å². The molecule has 1 saturated heterocycles. The largest absolute Gasteiger partial charge is 0.481 e. The van der Waals surface area contributed by atoms with E-state index in [1.807, 2.05) is 0 Å². The van der Waals surface area contributed by atoms with Crippen molar-refractivity contribution in [2.75, 3.05) is 25.2 Å². The van der Waals surface area contributed by atoms with Crippen molar-refractivity contribution in [1.82, 2.24) is 68.5 Å². The second-order valence-electron chi connectivity index (χ2n) is 21.5. The number of H-pyrrole nitrogens is 1. The predicted octanol–water partition coefficient (Wildman–Crippen LogP) is -7.80. The fourth-order valence-corrected chi connectivity index (χ4v) is 9.89. The lowest BCUT2D eigenvalue weighted by atomic mass is 10.0. The maximum Gasteiger partial charge on any atom is 0.446 e. The highest BCUT2D eigenvalue weighted by Crippen LogP contribution is 2.17. The second-order valence-corrected chi connectivity index (χ2v) is 23.6. The molecule has 40 heteroatoms. The van der Waals surface area contributed by atoms with Gasteiger partial charge in [0.05, 0.1) is 38.4 Å². The minimum Gasteiger partial charge on any atom is -0.481 e. The number of aromatic nitrogens is 2. The number of carbonyl (C=O) groups excluding carboxylic acids is 13. The van der Waals surface area contributed by atoms with Crippen LogP contribution in [-0.4, -0.2) is 224 Å². The smallest absolute Gasteiger partial charge is 0.446 e. The molecule has 0 unspecified atom stereocenters. The third kappa shape index (κ3) is 27.3. The fourth-order valence-electron chi connectivity index (χ4n) is 9.07. The van der Waals surface area contributed by atoms with Gasteiger partial charge >= 0.3 is 22.3 Å². The fraction of sp³-hybridized carbons (Fsp3) is 0.464. The summed E-state index contributed by atoms with van der Waals surface area (Å²) in [6.07, 6.45) is -2.06. The number of primary amides is 2. The van der Waals surface area contributed by atoms with E-state index in [2.05, 4.69) is 72.6 Å². The number of imidazole rings is 1. The minimum atomic E-state index is -5.03. The average Bonchev–Trinajstić information content (AvgIpc) is 1.16. The zero-order valence-corrected chi connectivity index (χ0v) is 53.0. The Hall–Kier alpha value is -10.3. The molecule has 96 heavy (non-hydrogen) atoms. The highest BCUT2D eigenvalue weighted by molar-refractivity contribution is 7.98. The normalized spacial score (nSPS) is 15.8. The molecule has 38 nitrogen and oxygen atoms in total. The van der Waals surface area contributed by atoms with Crippen LogP contribution in [0.25, 0.3) is 0 Å². The lowest BCUT2D eigenvalue weighted by molar-refractivity contribution is -0.142. The molecule has 4 rings (SSSR count). The molecule has 11 atom stereocenters. The van der Waals surface area contributed by atoms with Crippen molar-refractivity contribution >= 4 is 111 Å². The lowest BCUT2D eigenvalue weighted by Crippen LogP contribution is -2.61. The number of nitrogens with zero attached hydrogens (tertiary/aromatic N) is 1. The van der Waals surface area contributed by atoms with E-state index in [1.165, 1.54) is 24.3 Å². The van der Waals surface area contributed by atoms with Gasteiger partial charge in [0, 0.05) is 44.0 Å². The number of aliphatic hydroxyl groups excluding tert-OH is 2. The molecule has 13 amide bonds. The average molecular weight is 1390 g/mol. The van der Waals surface area contributed by atoms with E-state index in [4.69, 9.17) is 16.0 Å². The van der Waals surface area contributed by atoms with Gasteiger partial charge in [-0.25, -0.2) is 4.98 Å². The topological polar surface area (TPSA) is 614 Å². The van der Waals surface area contributed by atoms with Crippen LogP contribution < -0.4 is 74.1 Å². The molecular formula is C56H75N15O23S2. The summed E-state index contributed by atoms with van der Waals surface area (Å²) in [6.45, 7) is -1.21. The SMILES string of the molecule is CSCC[C@H](NC(=O)[C@H](Cc1cnc[nH]1)NC(=O)[C@H](CO)NC(=O)CNC(=O)[C@@H](NC(=O)[C@H](Cc1ccc(OS(=O)(=O)O)cc1)NC(=O)[C@H](CC(=O)O)NC(=O)[C@H](CCC(N)=O)NC(=O)[C@@H]1CCC(=O)N1)[C@@H](C)O)C(=O)N[C@@H](CC(=O)O)C(=O)N[C@@H](Cc1ccccc1)C(N)=O. The Labute approximate surface area is 550 Å². The van der Waals surface area contributed by atoms with Crippen LogP contribution in [0.1, 0.15) is 68.7 Å². The van der Waals surface area contributed by atoms with E-state index in [1.54, 1.807) is 36.6 Å². The number of rotatable bonds is 41. The van der Waals surface area contributed by atoms with Crippen LogP contribution in [0.2, 0.25) is 0 Å². The first-order valence-corrected chi connectivity index (χ1v) is 31.9. The Balaban J connectivity index is 1.51. The minimum absolute atomic E-state index is 0.0295. The quantitative estimate of drug-likeness (QED) is 0.0235. The van der Waals surface area contributed by atoms with E-state index >= 15 is 0 Å². The Morgan fingerprint density at radius 2 is 1.15 bits per heavy atom. The van der Waals surface area contributed by atoms with Crippen molar-refractivity contribution in [3.63, 3.8) is 0 Å². The first-order chi connectivity index (χ1) is 45.2. The first-order valence-electron chi connectivity index (χ1n) is 29.1. The third-order valence-corrected chi connectivity index (χ3v) is 15.0. The van der Waals surface area contributed by atoms with Crippen molar-refractivity contribution in [2.24, 2.45) is 11.5 Å². The molecule has 2 heterocycles. The van der Waals surface area contributed by atoms with Crippen molar-refractivity contribution < 1.29 is 109 Å². The number of thioether (sulfide) groups is 1. The Kier molecular flexibility index (Phi) is 31.0. The van der Waals surface area contributed by atoms with E-state index in [0.29, 0.717) is 5.56 Å². The molecule has 2 aromatic carbocycles. The summed E-state index contributed by atoms with van der Waals surface area (Å²) in [7, 11) is -5.03. The molecule has 524 valence electrons. The molecule has 0 radical (unpaired) electrons. The zero-order chi connectivity index (χ0) is 71.4. The number of carboxylic acids is 2. The van der Waals surface area contributed by atoms with Gasteiger partial charge in [0.1, 0.15) is 66.2 Å². The highest BCUT2D eigenvalue weighted by atomic mass is 32.3. The molecule has 3 aromatic rings. The summed E-state index contributed by atoms with van der Waals surface area (Å²) < 4.78 is 36.2. The number of aromatic amines is 1. The zero-order valence-electron chi connectivity index (χ0n) is 51.4. The molecule has 21 N–H and O–H groups in total. The van der Waals surface area contributed by atoms with Crippen LogP contribution in [0.15, 0.2) is 67.1 Å². The van der Waals surface area contributed by atoms with E-state index in [0.717, 1.165) is 31.2 Å². The second kappa shape index (κ2) is 38.1. The Morgan fingerprint density at radius 3 is 1.65 bits per heavy atom. The molecule has 0 bridgehead atoms. The number of amides is 13. The summed E-state index contributed by atoms with van der Waals surface area (Å²) in [4.78, 5) is 204. The van der Waals surface area contributed by atoms with Gasteiger partial charge in [0.15, 0.2) is 0 Å². The number of hydrogen-bond donors (Lipinski definition) is 19. The summed E-state index contributed by atoms with van der Waals surface area (Å²) in [5.41, 5.74) is 11.7. The molecule has 1 aliphatic rings. The van der Waals surface area contributed by atoms with Crippen molar-refractivity contribution in [2.45, 2.75) is 138 Å². The maximum absolute atomic E-state index is 14.2. The van der Waals surface area contributed by atoms with Crippen LogP contribution in [0.3, 0.4) is 0 Å². The lowest BCUT2D eigenvalue weighted by Gasteiger charge is -2.27. The summed E-state index contributed by atoms with van der Waals surface area (Å²) >= 11 is 1.23. The third-order valence-electron chi connectivity index (χ3n) is 14.0. The van der Waals surface area contributed by atoms with Crippen LogP contribution in [-0.2, 0) is 102 Å². The number of nitrogens with one attached hydrogen (secondary N) is 12. The van der Waals surface area contributed by atoms with Gasteiger partial charge in [-0.3, -0.25) is 76.5 Å². The summed E-state index contributed by atoms with van der Waals surface area (Å²) in [5, 5.41) is 65.5. The number of benzene rings is 2. The molecule has 1 fully saturated rings. The van der Waals surface area contributed by atoms with Gasteiger partial charge in [0.25, 0.3) is 0 Å². The molecule has 0 aliphatic carbocycles. The van der Waals surface area contributed by atoms with Crippen LogP contribution in [0.5, 0.6) is 5.75 Å². The molecule has 0 spiro atoms. The standard InChI is InChI=1S/C56H75N15O23S2/c1-27(73)46(71-54(88)36(19-29-8-10-31(11-9-29)94-96(91,92)93)67-53(87)39(22-45(79)80)69-49(83)33(12-14-41(57)74)64-48(82)32-13-15-42(75)62-32)56(90)60-24-43(76)63-40(25-72)55(89)68-37(20-30-23-59-26-61-30)51(85)65-34(16-17-95-2)50(84)70-38(21-44(77)78)52(86)66-35(47(58)81)18-28-6-4-3-5-7-28/h3-11,23,26-27,32-40,46,72-73H,12-22,24-25H2,1-2H3,(H2,57,74)(H2,58,81)(H,59,61)(H,60,90)(H,62,75)(H,63,76)(H,64,82)(H,65,85)(H,66,86)(H,67,87)(H,68,89)(H,69,83)(H,70,84)(H,71,88)(H,77,78)(H,79,80)(H,91,92,93)/t27-,32+,33+,34+,35+,36+,37+,38+,39+,40+,46+/m1/s1.